The Morgan fingerprint density at radius 1 is 1.38 bits per heavy atom. The molecule has 3 aliphatic rings. The SMILES string of the molecule is COC(Cc1ccc(C(N)=O)cc1Cl)C(=O)C1=NCC2=NC=CC2=C1N[C@@H]1CC[C@@H](CO)OC1. The predicted octanol–water partition coefficient (Wildman–Crippen LogP) is 1.37. The van der Waals surface area contributed by atoms with Gasteiger partial charge in [-0.3, -0.25) is 19.6 Å². The third kappa shape index (κ3) is 5.12. The molecule has 1 aromatic carbocycles. The van der Waals surface area contributed by atoms with Gasteiger partial charge in [-0.1, -0.05) is 17.7 Å². The molecule has 1 unspecified atom stereocenters. The molecule has 0 spiro atoms. The number of allylic oxidation sites excluding steroid dienone is 2. The Hall–Kier alpha value is -2.85. The summed E-state index contributed by atoms with van der Waals surface area (Å²) >= 11 is 6.34. The van der Waals surface area contributed by atoms with Crippen LogP contribution in [0.5, 0.6) is 0 Å². The molecule has 1 fully saturated rings. The van der Waals surface area contributed by atoms with Gasteiger partial charge in [0.25, 0.3) is 0 Å². The molecule has 4 rings (SSSR count). The normalized spacial score (nSPS) is 22.7. The van der Waals surface area contributed by atoms with Crippen molar-refractivity contribution in [1.82, 2.24) is 5.32 Å². The highest BCUT2D eigenvalue weighted by Crippen LogP contribution is 2.25. The van der Waals surface area contributed by atoms with Crippen molar-refractivity contribution < 1.29 is 24.2 Å². The van der Waals surface area contributed by atoms with Gasteiger partial charge in [-0.25, -0.2) is 0 Å². The Balaban J connectivity index is 1.55. The molecule has 3 heterocycles. The zero-order valence-corrected chi connectivity index (χ0v) is 19.5. The lowest BCUT2D eigenvalue weighted by Crippen LogP contribution is -2.46. The van der Waals surface area contributed by atoms with Gasteiger partial charge in [0.15, 0.2) is 0 Å². The molecule has 9 nitrogen and oxygen atoms in total. The fourth-order valence-corrected chi connectivity index (χ4v) is 4.46. The third-order valence-electron chi connectivity index (χ3n) is 6.15. The number of ketones is 1. The summed E-state index contributed by atoms with van der Waals surface area (Å²) in [4.78, 5) is 33.9. The maximum atomic E-state index is 13.6. The standard InChI is InChI=1S/C24H27ClN4O5/c1-33-20(9-13-2-3-14(24(26)32)8-18(13)25)23(31)22-21(17-6-7-27-19(17)10-28-22)29-15-4-5-16(11-30)34-12-15/h2-3,6-8,15-16,20,29-30H,4-5,9-12H2,1H3,(H2,26,32)/t15-,16+,20?/m1/s1. The summed E-state index contributed by atoms with van der Waals surface area (Å²) in [5.74, 6) is -0.859. The number of hydrogen-bond acceptors (Lipinski definition) is 8. The summed E-state index contributed by atoms with van der Waals surface area (Å²) in [6, 6.07) is 4.69. The Kier molecular flexibility index (Phi) is 7.57. The van der Waals surface area contributed by atoms with Crippen molar-refractivity contribution >= 4 is 34.7 Å². The van der Waals surface area contributed by atoms with Crippen LogP contribution in [0.4, 0.5) is 0 Å². The summed E-state index contributed by atoms with van der Waals surface area (Å²) in [6.07, 6.45) is 4.27. The lowest BCUT2D eigenvalue weighted by molar-refractivity contribution is -0.122. The average Bonchev–Trinajstić information content (AvgIpc) is 3.33. The van der Waals surface area contributed by atoms with Gasteiger partial charge < -0.3 is 25.6 Å². The highest BCUT2D eigenvalue weighted by molar-refractivity contribution is 6.49. The Morgan fingerprint density at radius 2 is 2.21 bits per heavy atom. The number of carbonyl (C=O) groups is 2. The molecule has 1 saturated heterocycles. The van der Waals surface area contributed by atoms with E-state index in [1.165, 1.54) is 13.2 Å². The van der Waals surface area contributed by atoms with Crippen LogP contribution in [-0.4, -0.2) is 73.3 Å². The number of primary amides is 1. The van der Waals surface area contributed by atoms with Crippen LogP contribution in [0.2, 0.25) is 5.02 Å². The van der Waals surface area contributed by atoms with E-state index in [1.807, 2.05) is 6.08 Å². The van der Waals surface area contributed by atoms with E-state index in [1.54, 1.807) is 18.3 Å². The number of halogens is 1. The van der Waals surface area contributed by atoms with Crippen molar-refractivity contribution in [3.63, 3.8) is 0 Å². The summed E-state index contributed by atoms with van der Waals surface area (Å²) in [5, 5.41) is 13.1. The van der Waals surface area contributed by atoms with Crippen LogP contribution in [0.25, 0.3) is 0 Å². The van der Waals surface area contributed by atoms with E-state index in [9.17, 15) is 14.7 Å². The molecule has 0 aliphatic carbocycles. The lowest BCUT2D eigenvalue weighted by atomic mass is 9.94. The van der Waals surface area contributed by atoms with Gasteiger partial charge in [0.1, 0.15) is 11.8 Å². The van der Waals surface area contributed by atoms with Crippen LogP contribution in [0.1, 0.15) is 28.8 Å². The number of rotatable bonds is 9. The maximum absolute atomic E-state index is 13.6. The van der Waals surface area contributed by atoms with Crippen molar-refractivity contribution in [2.24, 2.45) is 15.7 Å². The molecular weight excluding hydrogens is 460 g/mol. The number of fused-ring (bicyclic) bond motifs is 1. The molecular formula is C24H27ClN4O5. The summed E-state index contributed by atoms with van der Waals surface area (Å²) in [6.45, 7) is 0.700. The minimum atomic E-state index is -0.835. The van der Waals surface area contributed by atoms with Crippen molar-refractivity contribution in [1.29, 1.82) is 0 Å². The molecule has 3 atom stereocenters. The fraction of sp³-hybridized carbons (Fsp3) is 0.417. The molecule has 1 amide bonds. The first-order valence-corrected chi connectivity index (χ1v) is 11.5. The van der Waals surface area contributed by atoms with Gasteiger partial charge in [-0.05, 0) is 36.6 Å². The Labute approximate surface area is 202 Å². The minimum absolute atomic E-state index is 0.0100. The van der Waals surface area contributed by atoms with Crippen molar-refractivity contribution in [3.8, 4) is 0 Å². The van der Waals surface area contributed by atoms with Crippen molar-refractivity contribution in [2.45, 2.75) is 37.5 Å². The first kappa shape index (κ1) is 24.3. The molecule has 34 heavy (non-hydrogen) atoms. The number of amides is 1. The first-order chi connectivity index (χ1) is 16.4. The van der Waals surface area contributed by atoms with Gasteiger partial charge in [-0.2, -0.15) is 0 Å². The molecule has 0 saturated carbocycles. The number of methoxy groups -OCH3 is 1. The van der Waals surface area contributed by atoms with Crippen LogP contribution < -0.4 is 11.1 Å². The van der Waals surface area contributed by atoms with E-state index < -0.39 is 12.0 Å². The fourth-order valence-electron chi connectivity index (χ4n) is 4.20. The number of carbonyl (C=O) groups excluding carboxylic acids is 2. The predicted molar refractivity (Wildman–Crippen MR) is 128 cm³/mol. The van der Waals surface area contributed by atoms with Crippen LogP contribution in [0, 0.1) is 0 Å². The summed E-state index contributed by atoms with van der Waals surface area (Å²) in [7, 11) is 1.46. The summed E-state index contributed by atoms with van der Waals surface area (Å²) in [5.41, 5.74) is 8.79. The zero-order chi connectivity index (χ0) is 24.2. The second-order valence-electron chi connectivity index (χ2n) is 8.36. The van der Waals surface area contributed by atoms with Crippen molar-refractivity contribution in [3.05, 3.63) is 57.9 Å². The number of Topliss-reactive ketones (excluding diaryl/α,β-unsaturated/α-hetero) is 1. The zero-order valence-electron chi connectivity index (χ0n) is 18.8. The molecule has 0 bridgehead atoms. The number of ether oxygens (including phenoxy) is 2. The monoisotopic (exact) mass is 486 g/mol. The molecule has 0 aromatic heterocycles. The second kappa shape index (κ2) is 10.6. The van der Waals surface area contributed by atoms with E-state index in [2.05, 4.69) is 15.3 Å². The number of nitrogens with one attached hydrogen (secondary N) is 1. The highest BCUT2D eigenvalue weighted by Gasteiger charge is 2.34. The van der Waals surface area contributed by atoms with Crippen LogP contribution in [0.3, 0.4) is 0 Å². The molecule has 4 N–H and O–H groups in total. The number of dihydropyridines is 1. The number of nitrogens with two attached hydrogens (primary N) is 1. The average molecular weight is 487 g/mol. The number of benzene rings is 1. The van der Waals surface area contributed by atoms with Crippen LogP contribution >= 0.6 is 11.6 Å². The molecule has 0 radical (unpaired) electrons. The van der Waals surface area contributed by atoms with E-state index >= 15 is 0 Å². The number of hydrogen-bond donors (Lipinski definition) is 3. The smallest absolute Gasteiger partial charge is 0.248 e. The van der Waals surface area contributed by atoms with Crippen LogP contribution in [-0.2, 0) is 20.7 Å². The van der Waals surface area contributed by atoms with Crippen molar-refractivity contribution in [2.75, 3.05) is 26.9 Å². The van der Waals surface area contributed by atoms with Crippen LogP contribution in [0.15, 0.2) is 51.7 Å². The Morgan fingerprint density at radius 3 is 2.85 bits per heavy atom. The quantitative estimate of drug-likeness (QED) is 0.482. The Bertz CT molecular complexity index is 1100. The first-order valence-electron chi connectivity index (χ1n) is 11.1. The van der Waals surface area contributed by atoms with Gasteiger partial charge in [0, 0.05) is 41.9 Å². The highest BCUT2D eigenvalue weighted by atomic mass is 35.5. The number of nitrogens with zero attached hydrogens (tertiary/aromatic N) is 2. The third-order valence-corrected chi connectivity index (χ3v) is 6.50. The van der Waals surface area contributed by atoms with E-state index in [0.717, 1.165) is 17.7 Å². The molecule has 180 valence electrons. The molecule has 1 aromatic rings. The number of aliphatic imine (C=N–C) groups is 2. The largest absolute Gasteiger partial charge is 0.394 e. The van der Waals surface area contributed by atoms with E-state index in [0.29, 0.717) is 47.1 Å². The summed E-state index contributed by atoms with van der Waals surface area (Å²) < 4.78 is 11.2. The van der Waals surface area contributed by atoms with Gasteiger partial charge in [-0.15, -0.1) is 0 Å². The van der Waals surface area contributed by atoms with Gasteiger partial charge >= 0.3 is 0 Å². The maximum Gasteiger partial charge on any atom is 0.248 e. The topological polar surface area (TPSA) is 136 Å². The lowest BCUT2D eigenvalue weighted by Gasteiger charge is -2.32. The number of aliphatic hydroxyl groups is 1. The molecule has 3 aliphatic heterocycles. The molecule has 10 heteroatoms. The van der Waals surface area contributed by atoms with E-state index in [-0.39, 0.29) is 31.0 Å². The number of aliphatic hydroxyl groups excluding tert-OH is 1. The van der Waals surface area contributed by atoms with Gasteiger partial charge in [0.2, 0.25) is 11.7 Å². The second-order valence-corrected chi connectivity index (χ2v) is 8.77. The van der Waals surface area contributed by atoms with E-state index in [4.69, 9.17) is 26.8 Å². The minimum Gasteiger partial charge on any atom is -0.394 e. The van der Waals surface area contributed by atoms with Gasteiger partial charge in [0.05, 0.1) is 37.3 Å².